The van der Waals surface area contributed by atoms with Gasteiger partial charge in [-0.2, -0.15) is 0 Å². The van der Waals surface area contributed by atoms with Gasteiger partial charge < -0.3 is 9.64 Å². The van der Waals surface area contributed by atoms with Crippen molar-refractivity contribution in [3.63, 3.8) is 0 Å². The van der Waals surface area contributed by atoms with Gasteiger partial charge in [0.05, 0.1) is 5.41 Å². The number of benzene rings is 1. The number of aromatic nitrogens is 4. The monoisotopic (exact) mass is 409 g/mol. The van der Waals surface area contributed by atoms with E-state index in [-0.39, 0.29) is 11.5 Å². The van der Waals surface area contributed by atoms with E-state index in [1.54, 1.807) is 12.3 Å². The van der Waals surface area contributed by atoms with Crippen LogP contribution in [0.2, 0.25) is 5.02 Å². The summed E-state index contributed by atoms with van der Waals surface area (Å²) in [5.41, 5.74) is 1.36. The quantitative estimate of drug-likeness (QED) is 0.637. The van der Waals surface area contributed by atoms with E-state index in [1.165, 1.54) is 5.56 Å². The zero-order valence-corrected chi connectivity index (χ0v) is 17.2. The zero-order chi connectivity index (χ0) is 19.8. The molecular formula is C22H24ClN5O. The Morgan fingerprint density at radius 2 is 1.79 bits per heavy atom. The van der Waals surface area contributed by atoms with Gasteiger partial charge in [-0.25, -0.2) is 4.98 Å². The van der Waals surface area contributed by atoms with Gasteiger partial charge in [-0.15, -0.1) is 10.2 Å². The lowest BCUT2D eigenvalue weighted by Crippen LogP contribution is -2.39. The van der Waals surface area contributed by atoms with Gasteiger partial charge in [-0.3, -0.25) is 4.57 Å². The highest BCUT2D eigenvalue weighted by Gasteiger charge is 2.50. The first-order valence-corrected chi connectivity index (χ1v) is 10.5. The number of anilines is 1. The van der Waals surface area contributed by atoms with E-state index >= 15 is 0 Å². The Balaban J connectivity index is 1.28. The van der Waals surface area contributed by atoms with E-state index < -0.39 is 0 Å². The number of rotatable bonds is 5. The van der Waals surface area contributed by atoms with E-state index in [0.717, 1.165) is 50.5 Å². The van der Waals surface area contributed by atoms with Crippen molar-refractivity contribution in [1.82, 2.24) is 19.7 Å². The number of pyridine rings is 1. The molecule has 0 unspecified atom stereocenters. The van der Waals surface area contributed by atoms with Crippen LogP contribution >= 0.6 is 11.6 Å². The van der Waals surface area contributed by atoms with Gasteiger partial charge in [-0.05, 0) is 30.5 Å². The van der Waals surface area contributed by atoms with Gasteiger partial charge in [0.2, 0.25) is 11.8 Å². The van der Waals surface area contributed by atoms with Crippen molar-refractivity contribution in [2.45, 2.75) is 37.2 Å². The summed E-state index contributed by atoms with van der Waals surface area (Å²) in [5, 5.41) is 9.73. The minimum absolute atomic E-state index is 0.0262. The number of ether oxygens (including phenoxy) is 1. The smallest absolute Gasteiger partial charge is 0.232 e. The summed E-state index contributed by atoms with van der Waals surface area (Å²) in [6, 6.07) is 14.3. The lowest BCUT2D eigenvalue weighted by Gasteiger charge is -2.32. The Labute approximate surface area is 175 Å². The third-order valence-corrected chi connectivity index (χ3v) is 6.37. The highest BCUT2D eigenvalue weighted by molar-refractivity contribution is 6.31. The Kier molecular flexibility index (Phi) is 4.66. The van der Waals surface area contributed by atoms with Gasteiger partial charge in [0.1, 0.15) is 17.0 Å². The normalized spacial score (nSPS) is 18.6. The van der Waals surface area contributed by atoms with E-state index in [0.29, 0.717) is 10.9 Å². The Morgan fingerprint density at radius 1 is 1.03 bits per heavy atom. The van der Waals surface area contributed by atoms with Crippen molar-refractivity contribution in [3.8, 4) is 5.88 Å². The molecule has 6 nitrogen and oxygen atoms in total. The van der Waals surface area contributed by atoms with Gasteiger partial charge >= 0.3 is 0 Å². The van der Waals surface area contributed by atoms with Crippen LogP contribution in [0.1, 0.15) is 37.1 Å². The van der Waals surface area contributed by atoms with Crippen LogP contribution in [-0.2, 0) is 12.5 Å². The molecular weight excluding hydrogens is 386 g/mol. The standard InChI is InChI=1S/C22H24ClN5O/c1-27-20(22(11-12-22)16-6-3-2-4-7-16)25-26-21(27)28-14-9-17(10-15-28)29-19-18(23)8-5-13-24-19/h2-8,13,17H,9-12,14-15H2,1H3. The van der Waals surface area contributed by atoms with Crippen molar-refractivity contribution in [2.24, 2.45) is 7.05 Å². The van der Waals surface area contributed by atoms with Crippen LogP contribution < -0.4 is 9.64 Å². The molecule has 0 atom stereocenters. The molecule has 29 heavy (non-hydrogen) atoms. The highest BCUT2D eigenvalue weighted by atomic mass is 35.5. The van der Waals surface area contributed by atoms with Gasteiger partial charge in [-0.1, -0.05) is 41.9 Å². The maximum Gasteiger partial charge on any atom is 0.232 e. The van der Waals surface area contributed by atoms with E-state index in [2.05, 4.69) is 62.0 Å². The average Bonchev–Trinajstić information content (AvgIpc) is 3.47. The van der Waals surface area contributed by atoms with Crippen LogP contribution in [0.25, 0.3) is 0 Å². The molecule has 150 valence electrons. The highest BCUT2D eigenvalue weighted by Crippen LogP contribution is 2.53. The number of piperidine rings is 1. The zero-order valence-electron chi connectivity index (χ0n) is 16.5. The molecule has 1 aromatic carbocycles. The second-order valence-corrected chi connectivity index (χ2v) is 8.33. The third kappa shape index (κ3) is 3.35. The molecule has 0 bridgehead atoms. The predicted octanol–water partition coefficient (Wildman–Crippen LogP) is 3.99. The Bertz CT molecular complexity index is 993. The maximum atomic E-state index is 6.17. The first-order valence-electron chi connectivity index (χ1n) is 10.1. The summed E-state index contributed by atoms with van der Waals surface area (Å²) in [6.45, 7) is 1.75. The largest absolute Gasteiger partial charge is 0.473 e. The van der Waals surface area contributed by atoms with E-state index in [4.69, 9.17) is 16.3 Å². The number of hydrogen-bond donors (Lipinski definition) is 0. The molecule has 2 aromatic heterocycles. The summed E-state index contributed by atoms with van der Waals surface area (Å²) >= 11 is 6.17. The molecule has 1 saturated heterocycles. The molecule has 2 fully saturated rings. The van der Waals surface area contributed by atoms with Crippen molar-refractivity contribution in [1.29, 1.82) is 0 Å². The molecule has 1 saturated carbocycles. The van der Waals surface area contributed by atoms with Crippen molar-refractivity contribution < 1.29 is 4.74 Å². The fourth-order valence-corrected chi connectivity index (χ4v) is 4.49. The Morgan fingerprint density at radius 3 is 2.48 bits per heavy atom. The molecule has 3 aromatic rings. The number of hydrogen-bond acceptors (Lipinski definition) is 5. The molecule has 1 aliphatic heterocycles. The second-order valence-electron chi connectivity index (χ2n) is 7.93. The molecule has 2 aliphatic rings. The van der Waals surface area contributed by atoms with Crippen LogP contribution in [-0.4, -0.2) is 38.9 Å². The molecule has 3 heterocycles. The maximum absolute atomic E-state index is 6.17. The average molecular weight is 410 g/mol. The fraction of sp³-hybridized carbons (Fsp3) is 0.409. The first kappa shape index (κ1) is 18.4. The number of nitrogens with zero attached hydrogens (tertiary/aromatic N) is 5. The van der Waals surface area contributed by atoms with Crippen LogP contribution in [0.15, 0.2) is 48.7 Å². The lowest BCUT2D eigenvalue weighted by molar-refractivity contribution is 0.163. The summed E-state index contributed by atoms with van der Waals surface area (Å²) in [6.07, 6.45) is 5.88. The minimum Gasteiger partial charge on any atom is -0.473 e. The van der Waals surface area contributed by atoms with Crippen LogP contribution in [0, 0.1) is 0 Å². The summed E-state index contributed by atoms with van der Waals surface area (Å²) in [5.74, 6) is 2.53. The topological polar surface area (TPSA) is 56.1 Å². The van der Waals surface area contributed by atoms with Crippen LogP contribution in [0.4, 0.5) is 5.95 Å². The second kappa shape index (κ2) is 7.34. The molecule has 0 spiro atoms. The first-order chi connectivity index (χ1) is 14.2. The summed E-state index contributed by atoms with van der Waals surface area (Å²) in [7, 11) is 2.09. The van der Waals surface area contributed by atoms with Crippen LogP contribution in [0.3, 0.4) is 0 Å². The minimum atomic E-state index is 0.0262. The number of halogens is 1. The van der Waals surface area contributed by atoms with Gasteiger partial charge in [0, 0.05) is 39.2 Å². The van der Waals surface area contributed by atoms with Gasteiger partial charge in [0.15, 0.2) is 0 Å². The molecule has 5 rings (SSSR count). The fourth-order valence-electron chi connectivity index (χ4n) is 4.33. The summed E-state index contributed by atoms with van der Waals surface area (Å²) in [4.78, 5) is 6.54. The van der Waals surface area contributed by atoms with Gasteiger partial charge in [0.25, 0.3) is 0 Å². The predicted molar refractivity (Wildman–Crippen MR) is 113 cm³/mol. The molecule has 0 N–H and O–H groups in total. The van der Waals surface area contributed by atoms with E-state index in [9.17, 15) is 0 Å². The molecule has 0 radical (unpaired) electrons. The lowest BCUT2D eigenvalue weighted by atomic mass is 9.95. The molecule has 7 heteroatoms. The van der Waals surface area contributed by atoms with Crippen molar-refractivity contribution >= 4 is 17.5 Å². The van der Waals surface area contributed by atoms with E-state index in [1.807, 2.05) is 6.07 Å². The Hall–Kier alpha value is -2.60. The summed E-state index contributed by atoms with van der Waals surface area (Å²) < 4.78 is 8.19. The SMILES string of the molecule is Cn1c(N2CCC(Oc3ncccc3Cl)CC2)nnc1C1(c2ccccc2)CC1. The van der Waals surface area contributed by atoms with Crippen molar-refractivity contribution in [2.75, 3.05) is 18.0 Å². The molecule has 0 amide bonds. The third-order valence-electron chi connectivity index (χ3n) is 6.08. The van der Waals surface area contributed by atoms with Crippen molar-refractivity contribution in [3.05, 3.63) is 65.1 Å². The molecule has 1 aliphatic carbocycles. The van der Waals surface area contributed by atoms with Crippen LogP contribution in [0.5, 0.6) is 5.88 Å².